The lowest BCUT2D eigenvalue weighted by Gasteiger charge is -2.24. The average molecular weight is 374 g/mol. The average Bonchev–Trinajstić information content (AvgIpc) is 2.97. The minimum Gasteiger partial charge on any atom is -0.323 e. The number of nitrogens with zero attached hydrogens (tertiary/aromatic N) is 3. The van der Waals surface area contributed by atoms with E-state index in [0.29, 0.717) is 5.56 Å². The molecule has 2 aromatic rings. The van der Waals surface area contributed by atoms with Gasteiger partial charge in [0, 0.05) is 17.3 Å². The van der Waals surface area contributed by atoms with E-state index >= 15 is 0 Å². The van der Waals surface area contributed by atoms with Crippen molar-refractivity contribution in [2.75, 3.05) is 5.32 Å². The first-order valence-corrected chi connectivity index (χ1v) is 7.93. The standard InChI is InChI=1S/C19H17F3N4O/c1-5-6-13-9-14(19(20,21)22)7-8-15(13)24-17(27)18(3,4)26-11-12(2)16(10-23)25-26/h7-9,11H,1-4H3,(H,24,27). The number of aromatic nitrogens is 2. The highest BCUT2D eigenvalue weighted by Crippen LogP contribution is 2.32. The molecule has 0 aliphatic carbocycles. The number of carbonyl (C=O) groups is 1. The lowest BCUT2D eigenvalue weighted by atomic mass is 10.0. The zero-order chi connectivity index (χ0) is 20.4. The van der Waals surface area contributed by atoms with E-state index in [0.717, 1.165) is 12.1 Å². The van der Waals surface area contributed by atoms with Crippen LogP contribution in [0, 0.1) is 30.1 Å². The summed E-state index contributed by atoms with van der Waals surface area (Å²) < 4.78 is 40.1. The number of nitriles is 1. The van der Waals surface area contributed by atoms with Crippen molar-refractivity contribution in [3.05, 3.63) is 46.8 Å². The maximum atomic E-state index is 12.9. The Morgan fingerprint density at radius 3 is 2.48 bits per heavy atom. The Morgan fingerprint density at radius 2 is 1.96 bits per heavy atom. The van der Waals surface area contributed by atoms with Crippen LogP contribution in [-0.4, -0.2) is 15.7 Å². The molecule has 0 bridgehead atoms. The molecule has 0 unspecified atom stereocenters. The van der Waals surface area contributed by atoms with Gasteiger partial charge in [-0.1, -0.05) is 5.92 Å². The van der Waals surface area contributed by atoms with E-state index < -0.39 is 23.2 Å². The third kappa shape index (κ3) is 4.12. The molecule has 1 N–H and O–H groups in total. The van der Waals surface area contributed by atoms with Gasteiger partial charge in [-0.2, -0.15) is 23.5 Å². The Labute approximate surface area is 154 Å². The SMILES string of the molecule is CC#Cc1cc(C(F)(F)F)ccc1NC(=O)C(C)(C)n1cc(C)c(C#N)n1. The Morgan fingerprint density at radius 1 is 1.30 bits per heavy atom. The van der Waals surface area contributed by atoms with Crippen molar-refractivity contribution < 1.29 is 18.0 Å². The van der Waals surface area contributed by atoms with Crippen LogP contribution in [-0.2, 0) is 16.5 Å². The maximum absolute atomic E-state index is 12.9. The Hall–Kier alpha value is -3.26. The molecule has 1 heterocycles. The predicted octanol–water partition coefficient (Wildman–Crippen LogP) is 3.83. The van der Waals surface area contributed by atoms with E-state index in [1.54, 1.807) is 27.0 Å². The minimum atomic E-state index is -4.51. The fourth-order valence-corrected chi connectivity index (χ4v) is 2.30. The normalized spacial score (nSPS) is 11.3. The number of halogens is 3. The molecule has 0 saturated carbocycles. The highest BCUT2D eigenvalue weighted by Gasteiger charge is 2.33. The molecule has 0 spiro atoms. The zero-order valence-electron chi connectivity index (χ0n) is 15.2. The highest BCUT2D eigenvalue weighted by atomic mass is 19.4. The van der Waals surface area contributed by atoms with Crippen molar-refractivity contribution in [3.63, 3.8) is 0 Å². The number of anilines is 1. The molecule has 0 aliphatic heterocycles. The summed E-state index contributed by atoms with van der Waals surface area (Å²) >= 11 is 0. The molecule has 0 atom stereocenters. The Kier molecular flexibility index (Phi) is 5.32. The summed E-state index contributed by atoms with van der Waals surface area (Å²) in [5, 5.41) is 15.7. The molecule has 1 aromatic heterocycles. The third-order valence-corrected chi connectivity index (χ3v) is 3.99. The van der Waals surface area contributed by atoms with Crippen molar-refractivity contribution >= 4 is 11.6 Å². The summed E-state index contributed by atoms with van der Waals surface area (Å²) in [6.45, 7) is 6.36. The number of amides is 1. The fourth-order valence-electron chi connectivity index (χ4n) is 2.30. The number of hydrogen-bond donors (Lipinski definition) is 1. The number of hydrogen-bond acceptors (Lipinski definition) is 3. The molecule has 0 fully saturated rings. The monoisotopic (exact) mass is 374 g/mol. The van der Waals surface area contributed by atoms with Crippen LogP contribution in [0.2, 0.25) is 0 Å². The molecule has 1 aromatic carbocycles. The first-order valence-electron chi connectivity index (χ1n) is 7.93. The van der Waals surface area contributed by atoms with Crippen molar-refractivity contribution in [3.8, 4) is 17.9 Å². The molecule has 1 amide bonds. The topological polar surface area (TPSA) is 70.7 Å². The van der Waals surface area contributed by atoms with Crippen LogP contribution in [0.4, 0.5) is 18.9 Å². The zero-order valence-corrected chi connectivity index (χ0v) is 15.2. The second-order valence-electron chi connectivity index (χ2n) is 6.36. The first-order chi connectivity index (χ1) is 12.5. The minimum absolute atomic E-state index is 0.0610. The molecule has 0 radical (unpaired) electrons. The van der Waals surface area contributed by atoms with Crippen LogP contribution < -0.4 is 5.32 Å². The lowest BCUT2D eigenvalue weighted by molar-refractivity contribution is -0.137. The van der Waals surface area contributed by atoms with Crippen LogP contribution in [0.1, 0.15) is 43.2 Å². The van der Waals surface area contributed by atoms with E-state index in [1.807, 2.05) is 6.07 Å². The van der Waals surface area contributed by atoms with Crippen LogP contribution in [0.3, 0.4) is 0 Å². The van der Waals surface area contributed by atoms with Gasteiger partial charge >= 0.3 is 6.18 Å². The second kappa shape index (κ2) is 7.16. The number of carbonyl (C=O) groups excluding carboxylic acids is 1. The summed E-state index contributed by atoms with van der Waals surface area (Å²) in [6, 6.07) is 4.88. The van der Waals surface area contributed by atoms with E-state index in [2.05, 4.69) is 22.3 Å². The van der Waals surface area contributed by atoms with Crippen molar-refractivity contribution in [2.45, 2.75) is 39.4 Å². The summed E-state index contributed by atoms with van der Waals surface area (Å²) in [5.74, 6) is 4.61. The quantitative estimate of drug-likeness (QED) is 0.830. The number of rotatable bonds is 3. The molecule has 8 heteroatoms. The van der Waals surface area contributed by atoms with Gasteiger partial charge in [-0.05, 0) is 45.9 Å². The van der Waals surface area contributed by atoms with Gasteiger partial charge in [0.25, 0.3) is 5.91 Å². The Bertz CT molecular complexity index is 985. The van der Waals surface area contributed by atoms with Gasteiger partial charge in [0.1, 0.15) is 11.6 Å². The first kappa shape index (κ1) is 20.1. The van der Waals surface area contributed by atoms with E-state index in [4.69, 9.17) is 5.26 Å². The van der Waals surface area contributed by atoms with Crippen LogP contribution in [0.15, 0.2) is 24.4 Å². The van der Waals surface area contributed by atoms with Gasteiger partial charge < -0.3 is 5.32 Å². The number of alkyl halides is 3. The smallest absolute Gasteiger partial charge is 0.323 e. The second-order valence-corrected chi connectivity index (χ2v) is 6.36. The summed E-state index contributed by atoms with van der Waals surface area (Å²) in [5.41, 5.74) is -0.989. The lowest BCUT2D eigenvalue weighted by Crippen LogP contribution is -2.40. The fraction of sp³-hybridized carbons (Fsp3) is 0.316. The third-order valence-electron chi connectivity index (χ3n) is 3.99. The molecule has 0 saturated heterocycles. The van der Waals surface area contributed by atoms with Crippen molar-refractivity contribution in [2.24, 2.45) is 0 Å². The summed E-state index contributed by atoms with van der Waals surface area (Å²) in [4.78, 5) is 12.8. The van der Waals surface area contributed by atoms with E-state index in [9.17, 15) is 18.0 Å². The van der Waals surface area contributed by atoms with E-state index in [-0.39, 0.29) is 16.9 Å². The van der Waals surface area contributed by atoms with Gasteiger partial charge in [-0.15, -0.1) is 5.92 Å². The molecular weight excluding hydrogens is 357 g/mol. The van der Waals surface area contributed by atoms with Gasteiger partial charge in [-0.3, -0.25) is 9.48 Å². The molecular formula is C19H17F3N4O. The van der Waals surface area contributed by atoms with Gasteiger partial charge in [0.05, 0.1) is 11.3 Å². The molecule has 27 heavy (non-hydrogen) atoms. The maximum Gasteiger partial charge on any atom is 0.416 e. The van der Waals surface area contributed by atoms with Gasteiger partial charge in [0.2, 0.25) is 0 Å². The van der Waals surface area contributed by atoms with Crippen molar-refractivity contribution in [1.29, 1.82) is 5.26 Å². The molecule has 0 aliphatic rings. The summed E-state index contributed by atoms with van der Waals surface area (Å²) in [7, 11) is 0. The molecule has 5 nitrogen and oxygen atoms in total. The molecule has 2 rings (SSSR count). The highest BCUT2D eigenvalue weighted by molar-refractivity contribution is 5.97. The van der Waals surface area contributed by atoms with Gasteiger partial charge in [0.15, 0.2) is 5.69 Å². The van der Waals surface area contributed by atoms with Crippen LogP contribution >= 0.6 is 0 Å². The Balaban J connectivity index is 2.38. The predicted molar refractivity (Wildman–Crippen MR) is 93.6 cm³/mol. The number of nitrogens with one attached hydrogen (secondary N) is 1. The van der Waals surface area contributed by atoms with E-state index in [1.165, 1.54) is 17.7 Å². The number of aryl methyl sites for hydroxylation is 1. The molecule has 140 valence electrons. The van der Waals surface area contributed by atoms with Crippen molar-refractivity contribution in [1.82, 2.24) is 9.78 Å². The van der Waals surface area contributed by atoms with Crippen LogP contribution in [0.5, 0.6) is 0 Å². The van der Waals surface area contributed by atoms with Gasteiger partial charge in [-0.25, -0.2) is 0 Å². The van der Waals surface area contributed by atoms with Crippen LogP contribution in [0.25, 0.3) is 0 Å². The summed E-state index contributed by atoms with van der Waals surface area (Å²) in [6.07, 6.45) is -2.94. The largest absolute Gasteiger partial charge is 0.416 e. The number of benzene rings is 1.